The summed E-state index contributed by atoms with van der Waals surface area (Å²) in [7, 11) is 0. The molecule has 0 aromatic heterocycles. The first-order valence-corrected chi connectivity index (χ1v) is 5.90. The van der Waals surface area contributed by atoms with E-state index in [4.69, 9.17) is 4.74 Å². The van der Waals surface area contributed by atoms with E-state index in [0.29, 0.717) is 0 Å². The molecule has 1 atom stereocenters. The van der Waals surface area contributed by atoms with Gasteiger partial charge in [-0.1, -0.05) is 30.3 Å². The molecular formula is C14H19NO3. The van der Waals surface area contributed by atoms with Crippen LogP contribution in [0.1, 0.15) is 38.8 Å². The van der Waals surface area contributed by atoms with Crippen LogP contribution in [0.25, 0.3) is 0 Å². The van der Waals surface area contributed by atoms with Crippen LogP contribution in [0.15, 0.2) is 30.3 Å². The summed E-state index contributed by atoms with van der Waals surface area (Å²) in [5.41, 5.74) is 0.336. The Morgan fingerprint density at radius 2 is 1.94 bits per heavy atom. The van der Waals surface area contributed by atoms with Crippen LogP contribution in [0.2, 0.25) is 0 Å². The standard InChI is InChI=1S/C14H19NO3/c1-14(2,3)18-13(17)15-12(9-10-16)11-7-5-4-6-8-11/h4-8,10,12H,9H2,1-3H3,(H,15,17)/t12-/m0/s1. The van der Waals surface area contributed by atoms with E-state index in [0.717, 1.165) is 11.8 Å². The van der Waals surface area contributed by atoms with Gasteiger partial charge in [0, 0.05) is 6.42 Å². The van der Waals surface area contributed by atoms with Crippen molar-refractivity contribution in [3.8, 4) is 0 Å². The zero-order valence-corrected chi connectivity index (χ0v) is 11.0. The molecule has 0 heterocycles. The summed E-state index contributed by atoms with van der Waals surface area (Å²) in [5, 5.41) is 2.70. The Kier molecular flexibility index (Phi) is 4.89. The van der Waals surface area contributed by atoms with Gasteiger partial charge in [0.1, 0.15) is 11.9 Å². The molecule has 0 saturated carbocycles. The van der Waals surface area contributed by atoms with Gasteiger partial charge in [0.15, 0.2) is 0 Å². The quantitative estimate of drug-likeness (QED) is 0.835. The molecule has 98 valence electrons. The normalized spacial score (nSPS) is 12.6. The van der Waals surface area contributed by atoms with Gasteiger partial charge in [0.25, 0.3) is 0 Å². The molecule has 0 aliphatic rings. The van der Waals surface area contributed by atoms with E-state index in [9.17, 15) is 9.59 Å². The summed E-state index contributed by atoms with van der Waals surface area (Å²) in [6, 6.07) is 9.00. The molecule has 0 spiro atoms. The van der Waals surface area contributed by atoms with Crippen LogP contribution >= 0.6 is 0 Å². The molecule has 4 heteroatoms. The van der Waals surface area contributed by atoms with Gasteiger partial charge in [0.05, 0.1) is 6.04 Å². The molecule has 0 fully saturated rings. The Labute approximate surface area is 107 Å². The van der Waals surface area contributed by atoms with Gasteiger partial charge in [-0.15, -0.1) is 0 Å². The average molecular weight is 249 g/mol. The highest BCUT2D eigenvalue weighted by molar-refractivity contribution is 5.69. The minimum atomic E-state index is -0.549. The number of hydrogen-bond donors (Lipinski definition) is 1. The lowest BCUT2D eigenvalue weighted by Gasteiger charge is -2.23. The topological polar surface area (TPSA) is 55.4 Å². The largest absolute Gasteiger partial charge is 0.444 e. The Morgan fingerprint density at radius 3 is 2.44 bits per heavy atom. The van der Waals surface area contributed by atoms with E-state index in [2.05, 4.69) is 5.32 Å². The maximum Gasteiger partial charge on any atom is 0.408 e. The first-order valence-electron chi connectivity index (χ1n) is 5.90. The van der Waals surface area contributed by atoms with Gasteiger partial charge in [-0.3, -0.25) is 0 Å². The van der Waals surface area contributed by atoms with Gasteiger partial charge in [-0.2, -0.15) is 0 Å². The summed E-state index contributed by atoms with van der Waals surface area (Å²) < 4.78 is 5.17. The zero-order chi connectivity index (χ0) is 13.6. The van der Waals surface area contributed by atoms with Crippen molar-refractivity contribution < 1.29 is 14.3 Å². The van der Waals surface area contributed by atoms with E-state index in [1.54, 1.807) is 20.8 Å². The highest BCUT2D eigenvalue weighted by atomic mass is 16.6. The predicted molar refractivity (Wildman–Crippen MR) is 69.2 cm³/mol. The van der Waals surface area contributed by atoms with Crippen molar-refractivity contribution in [3.63, 3.8) is 0 Å². The third kappa shape index (κ3) is 4.99. The number of ether oxygens (including phenoxy) is 1. The maximum atomic E-state index is 11.7. The molecule has 1 amide bonds. The predicted octanol–water partition coefficient (Wildman–Crippen LogP) is 2.84. The number of carbonyl (C=O) groups excluding carboxylic acids is 2. The second kappa shape index (κ2) is 6.19. The Balaban J connectivity index is 2.70. The average Bonchev–Trinajstić information content (AvgIpc) is 2.27. The number of carbonyl (C=O) groups is 2. The minimum Gasteiger partial charge on any atom is -0.444 e. The van der Waals surface area contributed by atoms with Crippen molar-refractivity contribution in [2.24, 2.45) is 0 Å². The number of aldehydes is 1. The fourth-order valence-corrected chi connectivity index (χ4v) is 1.51. The molecule has 0 unspecified atom stereocenters. The lowest BCUT2D eigenvalue weighted by molar-refractivity contribution is -0.108. The van der Waals surface area contributed by atoms with Crippen molar-refractivity contribution in [1.82, 2.24) is 5.32 Å². The number of hydrogen-bond acceptors (Lipinski definition) is 3. The number of benzene rings is 1. The molecule has 1 aromatic rings. The molecule has 0 aliphatic carbocycles. The maximum absolute atomic E-state index is 11.7. The van der Waals surface area contributed by atoms with E-state index in [1.807, 2.05) is 30.3 Å². The smallest absolute Gasteiger partial charge is 0.408 e. The molecule has 18 heavy (non-hydrogen) atoms. The fourth-order valence-electron chi connectivity index (χ4n) is 1.51. The van der Waals surface area contributed by atoms with Crippen molar-refractivity contribution >= 4 is 12.4 Å². The lowest BCUT2D eigenvalue weighted by atomic mass is 10.0. The zero-order valence-electron chi connectivity index (χ0n) is 11.0. The van der Waals surface area contributed by atoms with Crippen molar-refractivity contribution in [3.05, 3.63) is 35.9 Å². The molecular weight excluding hydrogens is 230 g/mol. The van der Waals surface area contributed by atoms with E-state index >= 15 is 0 Å². The summed E-state index contributed by atoms with van der Waals surface area (Å²) in [5.74, 6) is 0. The van der Waals surface area contributed by atoms with Crippen LogP contribution in [0, 0.1) is 0 Å². The van der Waals surface area contributed by atoms with Crippen LogP contribution in [0.5, 0.6) is 0 Å². The second-order valence-corrected chi connectivity index (χ2v) is 5.01. The van der Waals surface area contributed by atoms with E-state index < -0.39 is 11.7 Å². The van der Waals surface area contributed by atoms with Gasteiger partial charge < -0.3 is 14.8 Å². The van der Waals surface area contributed by atoms with Gasteiger partial charge >= 0.3 is 6.09 Å². The van der Waals surface area contributed by atoms with Crippen LogP contribution in [-0.4, -0.2) is 18.0 Å². The van der Waals surface area contributed by atoms with Gasteiger partial charge in [0.2, 0.25) is 0 Å². The summed E-state index contributed by atoms with van der Waals surface area (Å²) in [4.78, 5) is 22.3. The molecule has 0 saturated heterocycles. The summed E-state index contributed by atoms with van der Waals surface area (Å²) in [6.07, 6.45) is 0.497. The van der Waals surface area contributed by atoms with Crippen LogP contribution in [0.3, 0.4) is 0 Å². The molecule has 0 bridgehead atoms. The van der Waals surface area contributed by atoms with Gasteiger partial charge in [-0.05, 0) is 26.3 Å². The van der Waals surface area contributed by atoms with Crippen molar-refractivity contribution in [2.75, 3.05) is 0 Å². The van der Waals surface area contributed by atoms with Crippen LogP contribution in [0.4, 0.5) is 4.79 Å². The monoisotopic (exact) mass is 249 g/mol. The number of rotatable bonds is 4. The first kappa shape index (κ1) is 14.2. The Bertz CT molecular complexity index is 395. The van der Waals surface area contributed by atoms with Crippen LogP contribution in [-0.2, 0) is 9.53 Å². The fraction of sp³-hybridized carbons (Fsp3) is 0.429. The number of amides is 1. The van der Waals surface area contributed by atoms with Crippen molar-refractivity contribution in [2.45, 2.75) is 38.8 Å². The van der Waals surface area contributed by atoms with Crippen LogP contribution < -0.4 is 5.32 Å². The van der Waals surface area contributed by atoms with Gasteiger partial charge in [-0.25, -0.2) is 4.79 Å². The van der Waals surface area contributed by atoms with E-state index in [-0.39, 0.29) is 12.5 Å². The highest BCUT2D eigenvalue weighted by Crippen LogP contribution is 2.16. The summed E-state index contributed by atoms with van der Waals surface area (Å²) >= 11 is 0. The molecule has 1 N–H and O–H groups in total. The van der Waals surface area contributed by atoms with Crippen molar-refractivity contribution in [1.29, 1.82) is 0 Å². The lowest BCUT2D eigenvalue weighted by Crippen LogP contribution is -2.35. The Hall–Kier alpha value is -1.84. The third-order valence-corrected chi connectivity index (χ3v) is 2.22. The SMILES string of the molecule is CC(C)(C)OC(=O)N[C@@H](CC=O)c1ccccc1. The third-order valence-electron chi connectivity index (χ3n) is 2.22. The molecule has 4 nitrogen and oxygen atoms in total. The number of nitrogens with one attached hydrogen (secondary N) is 1. The number of alkyl carbamates (subject to hydrolysis) is 1. The molecule has 0 aliphatic heterocycles. The Morgan fingerprint density at radius 1 is 1.33 bits per heavy atom. The molecule has 1 aromatic carbocycles. The minimum absolute atomic E-state index is 0.225. The molecule has 1 rings (SSSR count). The second-order valence-electron chi connectivity index (χ2n) is 5.01. The van der Waals surface area contributed by atoms with E-state index in [1.165, 1.54) is 0 Å². The first-order chi connectivity index (χ1) is 8.42. The molecule has 0 radical (unpaired) electrons. The highest BCUT2D eigenvalue weighted by Gasteiger charge is 2.20. The summed E-state index contributed by atoms with van der Waals surface area (Å²) in [6.45, 7) is 5.39.